The van der Waals surface area contributed by atoms with Crippen LogP contribution < -0.4 is 14.2 Å². The predicted molar refractivity (Wildman–Crippen MR) is 132 cm³/mol. The Morgan fingerprint density at radius 1 is 1.09 bits per heavy atom. The van der Waals surface area contributed by atoms with Crippen molar-refractivity contribution in [2.75, 3.05) is 27.4 Å². The third-order valence-electron chi connectivity index (χ3n) is 7.21. The lowest BCUT2D eigenvalue weighted by molar-refractivity contribution is -0.151. The smallest absolute Gasteiger partial charge is 0.247 e. The summed E-state index contributed by atoms with van der Waals surface area (Å²) in [5.41, 5.74) is 1.08. The molecule has 1 aliphatic heterocycles. The van der Waals surface area contributed by atoms with Gasteiger partial charge in [0.15, 0.2) is 11.5 Å². The first-order valence-electron chi connectivity index (χ1n) is 12.2. The molecule has 0 radical (unpaired) electrons. The number of para-hydroxylation sites is 1. The molecule has 1 N–H and O–H groups in total. The lowest BCUT2D eigenvalue weighted by Crippen LogP contribution is -2.56. The molecule has 1 aliphatic carbocycles. The molecule has 1 heterocycles. The van der Waals surface area contributed by atoms with Gasteiger partial charge in [-0.3, -0.25) is 4.79 Å². The SMILES string of the molecule is CCOc1ccccc1[C@H]1C2CCCCC2(O)CCN1C(=O)/C=C/c1ccc(OC)c(OC)c1. The maximum absolute atomic E-state index is 13.5. The number of likely N-dealkylation sites (tertiary alicyclic amines) is 1. The van der Waals surface area contributed by atoms with Gasteiger partial charge in [-0.25, -0.2) is 0 Å². The van der Waals surface area contributed by atoms with E-state index >= 15 is 0 Å². The molecular formula is C28H35NO5. The number of aliphatic hydroxyl groups is 1. The van der Waals surface area contributed by atoms with Crippen LogP contribution >= 0.6 is 0 Å². The zero-order valence-electron chi connectivity index (χ0n) is 20.3. The van der Waals surface area contributed by atoms with Gasteiger partial charge >= 0.3 is 0 Å². The standard InChI is InChI=1S/C28H35NO5/c1-4-34-23-11-6-5-9-21(23)27-22-10-7-8-16-28(22,31)17-18-29(27)26(30)15-13-20-12-14-24(32-2)25(19-20)33-3/h5-6,9,11-15,19,22,27,31H,4,7-8,10,16-18H2,1-3H3/b15-13+/t22?,27-,28?/m0/s1. The monoisotopic (exact) mass is 465 g/mol. The van der Waals surface area contributed by atoms with Gasteiger partial charge in [0.1, 0.15) is 5.75 Å². The minimum atomic E-state index is -0.744. The number of hydrogen-bond donors (Lipinski definition) is 1. The van der Waals surface area contributed by atoms with Crippen molar-refractivity contribution in [2.24, 2.45) is 5.92 Å². The molecule has 2 unspecified atom stereocenters. The van der Waals surface area contributed by atoms with Crippen molar-refractivity contribution in [1.82, 2.24) is 4.90 Å². The highest BCUT2D eigenvalue weighted by atomic mass is 16.5. The van der Waals surface area contributed by atoms with Crippen LogP contribution in [0.4, 0.5) is 0 Å². The van der Waals surface area contributed by atoms with Crippen LogP contribution in [-0.2, 0) is 4.79 Å². The average molecular weight is 466 g/mol. The zero-order valence-corrected chi connectivity index (χ0v) is 20.3. The number of amides is 1. The molecule has 6 heteroatoms. The summed E-state index contributed by atoms with van der Waals surface area (Å²) in [5, 5.41) is 11.5. The molecule has 0 spiro atoms. The first-order chi connectivity index (χ1) is 16.5. The molecule has 6 nitrogen and oxygen atoms in total. The van der Waals surface area contributed by atoms with E-state index in [-0.39, 0.29) is 17.9 Å². The molecule has 34 heavy (non-hydrogen) atoms. The van der Waals surface area contributed by atoms with Crippen LogP contribution in [0.2, 0.25) is 0 Å². The summed E-state index contributed by atoms with van der Waals surface area (Å²) < 4.78 is 16.6. The van der Waals surface area contributed by atoms with Crippen molar-refractivity contribution < 1.29 is 24.1 Å². The molecule has 1 saturated carbocycles. The number of piperidine rings is 1. The van der Waals surface area contributed by atoms with E-state index in [0.717, 1.165) is 42.6 Å². The minimum absolute atomic E-state index is 0.0185. The van der Waals surface area contributed by atoms with Gasteiger partial charge in [-0.2, -0.15) is 0 Å². The fourth-order valence-electron chi connectivity index (χ4n) is 5.55. The molecule has 2 aromatic rings. The Morgan fingerprint density at radius 3 is 2.65 bits per heavy atom. The van der Waals surface area contributed by atoms with Crippen LogP contribution in [0.5, 0.6) is 17.2 Å². The fourth-order valence-corrected chi connectivity index (χ4v) is 5.55. The van der Waals surface area contributed by atoms with Crippen LogP contribution in [0.1, 0.15) is 56.2 Å². The van der Waals surface area contributed by atoms with E-state index in [9.17, 15) is 9.90 Å². The van der Waals surface area contributed by atoms with Crippen LogP contribution in [0.25, 0.3) is 6.08 Å². The van der Waals surface area contributed by atoms with Gasteiger partial charge in [-0.15, -0.1) is 0 Å². The van der Waals surface area contributed by atoms with Gasteiger partial charge in [0, 0.05) is 24.1 Å². The Labute approximate surface area is 202 Å². The Hall–Kier alpha value is -2.99. The normalized spacial score (nSPS) is 24.5. The number of nitrogens with zero attached hydrogens (tertiary/aromatic N) is 1. The lowest BCUT2D eigenvalue weighted by atomic mass is 9.66. The first-order valence-corrected chi connectivity index (χ1v) is 12.2. The van der Waals surface area contributed by atoms with E-state index in [0.29, 0.717) is 31.1 Å². The number of methoxy groups -OCH3 is 2. The maximum atomic E-state index is 13.5. The highest BCUT2D eigenvalue weighted by Crippen LogP contribution is 2.50. The molecule has 0 aromatic heterocycles. The Kier molecular flexibility index (Phi) is 7.47. The van der Waals surface area contributed by atoms with E-state index < -0.39 is 5.60 Å². The highest BCUT2D eigenvalue weighted by molar-refractivity contribution is 5.92. The molecule has 0 bridgehead atoms. The molecule has 2 aliphatic rings. The Morgan fingerprint density at radius 2 is 1.88 bits per heavy atom. The number of fused-ring (bicyclic) bond motifs is 1. The number of ether oxygens (including phenoxy) is 3. The summed E-state index contributed by atoms with van der Waals surface area (Å²) in [5.74, 6) is 1.96. The maximum Gasteiger partial charge on any atom is 0.247 e. The van der Waals surface area contributed by atoms with Gasteiger partial charge in [-0.1, -0.05) is 37.1 Å². The number of hydrogen-bond acceptors (Lipinski definition) is 5. The summed E-state index contributed by atoms with van der Waals surface area (Å²) >= 11 is 0. The molecule has 2 fully saturated rings. The molecule has 3 atom stereocenters. The van der Waals surface area contributed by atoms with Gasteiger partial charge in [-0.05, 0) is 56.0 Å². The second kappa shape index (κ2) is 10.5. The molecule has 182 valence electrons. The largest absolute Gasteiger partial charge is 0.494 e. The third kappa shape index (κ3) is 4.78. The Bertz CT molecular complexity index is 1040. The second-order valence-electron chi connectivity index (χ2n) is 9.10. The number of carbonyl (C=O) groups is 1. The van der Waals surface area contributed by atoms with Crippen LogP contribution in [-0.4, -0.2) is 48.9 Å². The van der Waals surface area contributed by atoms with Crippen molar-refractivity contribution in [3.63, 3.8) is 0 Å². The molecule has 4 rings (SSSR count). The molecule has 2 aromatic carbocycles. The first kappa shape index (κ1) is 24.1. The van der Waals surface area contributed by atoms with Crippen molar-refractivity contribution >= 4 is 12.0 Å². The van der Waals surface area contributed by atoms with Crippen molar-refractivity contribution in [3.05, 3.63) is 59.7 Å². The van der Waals surface area contributed by atoms with Crippen molar-refractivity contribution in [2.45, 2.75) is 50.7 Å². The summed E-state index contributed by atoms with van der Waals surface area (Å²) in [6, 6.07) is 13.3. The highest BCUT2D eigenvalue weighted by Gasteiger charge is 2.50. The second-order valence-corrected chi connectivity index (χ2v) is 9.10. The molecular weight excluding hydrogens is 430 g/mol. The predicted octanol–water partition coefficient (Wildman–Crippen LogP) is 5.01. The van der Waals surface area contributed by atoms with Gasteiger partial charge in [0.2, 0.25) is 5.91 Å². The minimum Gasteiger partial charge on any atom is -0.494 e. The summed E-state index contributed by atoms with van der Waals surface area (Å²) in [4.78, 5) is 15.5. The van der Waals surface area contributed by atoms with E-state index in [4.69, 9.17) is 14.2 Å². The number of benzene rings is 2. The summed E-state index contributed by atoms with van der Waals surface area (Å²) in [6.45, 7) is 3.02. The third-order valence-corrected chi connectivity index (χ3v) is 7.21. The molecule has 1 amide bonds. The van der Waals surface area contributed by atoms with Crippen molar-refractivity contribution in [3.8, 4) is 17.2 Å². The molecule has 1 saturated heterocycles. The number of carbonyl (C=O) groups excluding carboxylic acids is 1. The average Bonchev–Trinajstić information content (AvgIpc) is 2.86. The van der Waals surface area contributed by atoms with E-state index in [1.807, 2.05) is 54.3 Å². The fraction of sp³-hybridized carbons (Fsp3) is 0.464. The number of rotatable bonds is 7. The van der Waals surface area contributed by atoms with Gasteiger partial charge in [0.25, 0.3) is 0 Å². The quantitative estimate of drug-likeness (QED) is 0.582. The van der Waals surface area contributed by atoms with E-state index in [1.165, 1.54) is 0 Å². The van der Waals surface area contributed by atoms with Crippen LogP contribution in [0.3, 0.4) is 0 Å². The lowest BCUT2D eigenvalue weighted by Gasteiger charge is -2.52. The van der Waals surface area contributed by atoms with Crippen LogP contribution in [0.15, 0.2) is 48.5 Å². The van der Waals surface area contributed by atoms with Crippen molar-refractivity contribution in [1.29, 1.82) is 0 Å². The summed E-state index contributed by atoms with van der Waals surface area (Å²) in [6.07, 6.45) is 7.78. The van der Waals surface area contributed by atoms with Crippen LogP contribution in [0, 0.1) is 5.92 Å². The van der Waals surface area contributed by atoms with Gasteiger partial charge < -0.3 is 24.2 Å². The summed E-state index contributed by atoms with van der Waals surface area (Å²) in [7, 11) is 3.19. The van der Waals surface area contributed by atoms with E-state index in [1.54, 1.807) is 26.4 Å². The van der Waals surface area contributed by atoms with Gasteiger partial charge in [0.05, 0.1) is 32.5 Å². The topological polar surface area (TPSA) is 68.2 Å². The van der Waals surface area contributed by atoms with E-state index in [2.05, 4.69) is 0 Å². The Balaban J connectivity index is 1.66. The zero-order chi connectivity index (χ0) is 24.1.